The predicted molar refractivity (Wildman–Crippen MR) is 72.0 cm³/mol. The van der Waals surface area contributed by atoms with E-state index in [-0.39, 0.29) is 0 Å². The zero-order chi connectivity index (χ0) is 10.7. The van der Waals surface area contributed by atoms with Gasteiger partial charge >= 0.3 is 0 Å². The normalized spacial score (nSPS) is 26.9. The molecule has 0 saturated carbocycles. The minimum absolute atomic E-state index is 0.836. The summed E-state index contributed by atoms with van der Waals surface area (Å²) in [7, 11) is 0. The SMILES string of the molecule is C=CN1CCN(C2CCN(I)CC2)CC1. The average molecular weight is 321 g/mol. The first-order chi connectivity index (χ1) is 7.29. The lowest BCUT2D eigenvalue weighted by molar-refractivity contribution is 0.0952. The van der Waals surface area contributed by atoms with E-state index in [1.54, 1.807) is 0 Å². The van der Waals surface area contributed by atoms with Crippen LogP contribution in [0.3, 0.4) is 0 Å². The molecule has 2 rings (SSSR count). The van der Waals surface area contributed by atoms with Gasteiger partial charge in [-0.05, 0) is 19.0 Å². The van der Waals surface area contributed by atoms with Crippen molar-refractivity contribution in [2.75, 3.05) is 39.3 Å². The zero-order valence-corrected chi connectivity index (χ0v) is 11.4. The van der Waals surface area contributed by atoms with Gasteiger partial charge in [-0.25, -0.2) is 3.11 Å². The van der Waals surface area contributed by atoms with Crippen molar-refractivity contribution in [1.82, 2.24) is 12.9 Å². The van der Waals surface area contributed by atoms with Gasteiger partial charge in [-0.15, -0.1) is 0 Å². The Kier molecular flexibility index (Phi) is 4.28. The van der Waals surface area contributed by atoms with Gasteiger partial charge in [-0.3, -0.25) is 4.90 Å². The van der Waals surface area contributed by atoms with Crippen molar-refractivity contribution in [3.05, 3.63) is 12.8 Å². The Morgan fingerprint density at radius 3 is 2.13 bits per heavy atom. The summed E-state index contributed by atoms with van der Waals surface area (Å²) in [6.07, 6.45) is 4.67. The standard InChI is InChI=1S/C11H20IN3/c1-2-13-7-9-14(10-8-13)11-3-5-15(12)6-4-11/h2,11H,1,3-10H2. The van der Waals surface area contributed by atoms with Gasteiger partial charge in [0.05, 0.1) is 0 Å². The van der Waals surface area contributed by atoms with Crippen LogP contribution in [0.15, 0.2) is 12.8 Å². The maximum Gasteiger partial charge on any atom is 0.0300 e. The highest BCUT2D eigenvalue weighted by Crippen LogP contribution is 2.20. The molecule has 0 spiro atoms. The summed E-state index contributed by atoms with van der Waals surface area (Å²) < 4.78 is 2.41. The molecule has 0 amide bonds. The Bertz CT molecular complexity index is 206. The molecule has 3 nitrogen and oxygen atoms in total. The Morgan fingerprint density at radius 1 is 1.00 bits per heavy atom. The van der Waals surface area contributed by atoms with Gasteiger partial charge in [0.15, 0.2) is 0 Å². The number of hydrogen-bond donors (Lipinski definition) is 0. The molecule has 2 aliphatic heterocycles. The zero-order valence-electron chi connectivity index (χ0n) is 9.24. The first-order valence-corrected chi connectivity index (χ1v) is 6.77. The van der Waals surface area contributed by atoms with Gasteiger partial charge in [0.25, 0.3) is 0 Å². The van der Waals surface area contributed by atoms with Crippen molar-refractivity contribution in [3.8, 4) is 0 Å². The molecule has 2 aliphatic rings. The molecule has 0 bridgehead atoms. The van der Waals surface area contributed by atoms with Crippen LogP contribution in [0, 0.1) is 0 Å². The fourth-order valence-electron chi connectivity index (χ4n) is 2.48. The number of hydrogen-bond acceptors (Lipinski definition) is 3. The predicted octanol–water partition coefficient (Wildman–Crippen LogP) is 1.56. The van der Waals surface area contributed by atoms with Gasteiger partial charge in [-0.2, -0.15) is 0 Å². The van der Waals surface area contributed by atoms with Gasteiger partial charge in [0.1, 0.15) is 0 Å². The number of rotatable bonds is 2. The van der Waals surface area contributed by atoms with Gasteiger partial charge in [0.2, 0.25) is 0 Å². The lowest BCUT2D eigenvalue weighted by Crippen LogP contribution is -2.51. The molecule has 0 aliphatic carbocycles. The molecule has 0 radical (unpaired) electrons. The van der Waals surface area contributed by atoms with E-state index < -0.39 is 0 Å². The highest BCUT2D eigenvalue weighted by Gasteiger charge is 2.25. The van der Waals surface area contributed by atoms with Crippen molar-refractivity contribution in [3.63, 3.8) is 0 Å². The first kappa shape index (κ1) is 11.7. The second-order valence-corrected chi connectivity index (χ2v) is 5.76. The fraction of sp³-hybridized carbons (Fsp3) is 0.818. The van der Waals surface area contributed by atoms with Crippen LogP contribution >= 0.6 is 22.9 Å². The molecule has 2 heterocycles. The van der Waals surface area contributed by atoms with E-state index in [9.17, 15) is 0 Å². The molecule has 0 aromatic carbocycles. The van der Waals surface area contributed by atoms with Crippen LogP contribution in [0.4, 0.5) is 0 Å². The second kappa shape index (κ2) is 5.50. The number of nitrogens with zero attached hydrogens (tertiary/aromatic N) is 3. The monoisotopic (exact) mass is 321 g/mol. The third-order valence-electron chi connectivity index (χ3n) is 3.53. The Morgan fingerprint density at radius 2 is 1.60 bits per heavy atom. The number of halogens is 1. The van der Waals surface area contributed by atoms with Crippen LogP contribution < -0.4 is 0 Å². The molecular formula is C11H20IN3. The van der Waals surface area contributed by atoms with E-state index in [2.05, 4.69) is 42.4 Å². The Labute approximate surface area is 107 Å². The summed E-state index contributed by atoms with van der Waals surface area (Å²) in [5.74, 6) is 0. The second-order valence-electron chi connectivity index (χ2n) is 4.40. The molecule has 0 unspecified atom stereocenters. The van der Waals surface area contributed by atoms with Gasteiger partial charge < -0.3 is 4.90 Å². The molecule has 0 N–H and O–H groups in total. The van der Waals surface area contributed by atoms with Crippen LogP contribution in [0.25, 0.3) is 0 Å². The maximum absolute atomic E-state index is 3.83. The van der Waals surface area contributed by atoms with E-state index in [4.69, 9.17) is 0 Å². The van der Waals surface area contributed by atoms with E-state index >= 15 is 0 Å². The van der Waals surface area contributed by atoms with Gasteiger partial charge in [0, 0.05) is 68.2 Å². The van der Waals surface area contributed by atoms with Crippen molar-refractivity contribution in [1.29, 1.82) is 0 Å². The summed E-state index contributed by atoms with van der Waals surface area (Å²) in [4.78, 5) is 4.99. The summed E-state index contributed by atoms with van der Waals surface area (Å²) in [5, 5.41) is 0. The van der Waals surface area contributed by atoms with Crippen molar-refractivity contribution < 1.29 is 0 Å². The van der Waals surface area contributed by atoms with Crippen molar-refractivity contribution in [2.45, 2.75) is 18.9 Å². The third kappa shape index (κ3) is 3.07. The highest BCUT2D eigenvalue weighted by molar-refractivity contribution is 14.1. The van der Waals surface area contributed by atoms with Crippen LogP contribution in [0.1, 0.15) is 12.8 Å². The van der Waals surface area contributed by atoms with Crippen LogP contribution in [0.2, 0.25) is 0 Å². The summed E-state index contributed by atoms with van der Waals surface area (Å²) >= 11 is 2.44. The molecular weight excluding hydrogens is 301 g/mol. The quantitative estimate of drug-likeness (QED) is 0.565. The largest absolute Gasteiger partial charge is 0.375 e. The van der Waals surface area contributed by atoms with Crippen LogP contribution in [0.5, 0.6) is 0 Å². The smallest absolute Gasteiger partial charge is 0.0300 e. The minimum Gasteiger partial charge on any atom is -0.375 e. The lowest BCUT2D eigenvalue weighted by Gasteiger charge is -2.41. The molecule has 0 atom stereocenters. The fourth-order valence-corrected chi connectivity index (χ4v) is 3.04. The van der Waals surface area contributed by atoms with E-state index in [0.29, 0.717) is 0 Å². The van der Waals surface area contributed by atoms with Crippen LogP contribution in [-0.2, 0) is 0 Å². The Balaban J connectivity index is 1.78. The van der Waals surface area contributed by atoms with Crippen molar-refractivity contribution in [2.24, 2.45) is 0 Å². The van der Waals surface area contributed by atoms with Crippen molar-refractivity contribution >= 4 is 22.9 Å². The van der Waals surface area contributed by atoms with Gasteiger partial charge in [-0.1, -0.05) is 6.58 Å². The molecule has 86 valence electrons. The Hall–Kier alpha value is 0.190. The molecule has 4 heteroatoms. The summed E-state index contributed by atoms with van der Waals surface area (Å²) in [6, 6.07) is 0.836. The number of piperidine rings is 1. The minimum atomic E-state index is 0.836. The highest BCUT2D eigenvalue weighted by atomic mass is 127. The van der Waals surface area contributed by atoms with E-state index in [1.807, 2.05) is 6.20 Å². The third-order valence-corrected chi connectivity index (χ3v) is 4.50. The van der Waals surface area contributed by atoms with Crippen LogP contribution in [-0.4, -0.2) is 58.2 Å². The molecule has 15 heavy (non-hydrogen) atoms. The number of piperazine rings is 1. The summed E-state index contributed by atoms with van der Waals surface area (Å²) in [5.41, 5.74) is 0. The molecule has 2 saturated heterocycles. The van der Waals surface area contributed by atoms with E-state index in [1.165, 1.54) is 39.0 Å². The average Bonchev–Trinajstić information content (AvgIpc) is 2.30. The van der Waals surface area contributed by atoms with E-state index in [0.717, 1.165) is 19.1 Å². The first-order valence-electron chi connectivity index (χ1n) is 5.81. The topological polar surface area (TPSA) is 9.72 Å². The maximum atomic E-state index is 3.83. The lowest BCUT2D eigenvalue weighted by atomic mass is 10.0. The summed E-state index contributed by atoms with van der Waals surface area (Å²) in [6.45, 7) is 11.1. The molecule has 2 fully saturated rings. The molecule has 0 aromatic rings. The molecule has 0 aromatic heterocycles.